The first kappa shape index (κ1) is 14.2. The van der Waals surface area contributed by atoms with Gasteiger partial charge in [0, 0.05) is 19.6 Å². The molecule has 5 heteroatoms. The van der Waals surface area contributed by atoms with Gasteiger partial charge in [-0.2, -0.15) is 0 Å². The summed E-state index contributed by atoms with van der Waals surface area (Å²) >= 11 is 6.37. The fourth-order valence-electron chi connectivity index (χ4n) is 2.60. The van der Waals surface area contributed by atoms with E-state index < -0.39 is 0 Å². The highest BCUT2D eigenvalue weighted by molar-refractivity contribution is 6.33. The van der Waals surface area contributed by atoms with Gasteiger partial charge >= 0.3 is 0 Å². The minimum absolute atomic E-state index is 0.0871. The van der Waals surface area contributed by atoms with Crippen molar-refractivity contribution in [1.82, 2.24) is 10.6 Å². The van der Waals surface area contributed by atoms with Crippen LogP contribution in [0, 0.1) is 0 Å². The van der Waals surface area contributed by atoms with E-state index in [0.29, 0.717) is 11.6 Å². The Kier molecular flexibility index (Phi) is 4.66. The molecule has 2 N–H and O–H groups in total. The number of para-hydroxylation sites is 1. The first-order valence-corrected chi connectivity index (χ1v) is 7.03. The van der Waals surface area contributed by atoms with Crippen LogP contribution in [-0.2, 0) is 11.3 Å². The third kappa shape index (κ3) is 2.85. The van der Waals surface area contributed by atoms with Crippen molar-refractivity contribution in [2.24, 2.45) is 0 Å². The molecule has 0 aliphatic carbocycles. The van der Waals surface area contributed by atoms with Crippen molar-refractivity contribution in [2.45, 2.75) is 25.9 Å². The van der Waals surface area contributed by atoms with E-state index in [1.807, 2.05) is 26.1 Å². The maximum absolute atomic E-state index is 12.0. The number of hydrogen-bond donors (Lipinski definition) is 2. The number of amides is 1. The molecule has 1 aromatic rings. The van der Waals surface area contributed by atoms with E-state index in [1.54, 1.807) is 0 Å². The van der Waals surface area contributed by atoms with E-state index >= 15 is 0 Å². The molecule has 0 aromatic heterocycles. The van der Waals surface area contributed by atoms with Crippen LogP contribution in [0.4, 0.5) is 5.69 Å². The minimum atomic E-state index is -0.135. The van der Waals surface area contributed by atoms with Gasteiger partial charge in [0.25, 0.3) is 0 Å². The zero-order chi connectivity index (χ0) is 13.8. The zero-order valence-electron chi connectivity index (χ0n) is 11.4. The fourth-order valence-corrected chi connectivity index (χ4v) is 2.91. The molecule has 19 heavy (non-hydrogen) atoms. The molecule has 1 aliphatic heterocycles. The largest absolute Gasteiger partial charge is 0.356 e. The molecule has 1 aromatic carbocycles. The topological polar surface area (TPSA) is 44.4 Å². The van der Waals surface area contributed by atoms with Crippen molar-refractivity contribution in [3.8, 4) is 0 Å². The van der Waals surface area contributed by atoms with Gasteiger partial charge in [-0.05, 0) is 25.1 Å². The monoisotopic (exact) mass is 281 g/mol. The SMILES string of the molecule is CCC1C(=O)NCCN1c1c(Cl)cccc1CNC. The maximum Gasteiger partial charge on any atom is 0.242 e. The minimum Gasteiger partial charge on any atom is -0.356 e. The van der Waals surface area contributed by atoms with Crippen LogP contribution in [0.1, 0.15) is 18.9 Å². The smallest absolute Gasteiger partial charge is 0.242 e. The molecular weight excluding hydrogens is 262 g/mol. The summed E-state index contributed by atoms with van der Waals surface area (Å²) in [6.45, 7) is 4.23. The van der Waals surface area contributed by atoms with E-state index in [2.05, 4.69) is 21.6 Å². The molecule has 1 heterocycles. The second-order valence-corrected chi connectivity index (χ2v) is 5.09. The molecule has 0 spiro atoms. The highest BCUT2D eigenvalue weighted by Gasteiger charge is 2.30. The molecule has 1 fully saturated rings. The molecule has 0 radical (unpaired) electrons. The van der Waals surface area contributed by atoms with Crippen molar-refractivity contribution < 1.29 is 4.79 Å². The molecule has 1 saturated heterocycles. The first-order valence-electron chi connectivity index (χ1n) is 6.65. The number of rotatable bonds is 4. The standard InChI is InChI=1S/C14H20ClN3O/c1-3-12-14(19)17-7-8-18(12)13-10(9-16-2)5-4-6-11(13)15/h4-6,12,16H,3,7-9H2,1-2H3,(H,17,19). The van der Waals surface area contributed by atoms with Crippen molar-refractivity contribution >= 4 is 23.2 Å². The molecule has 4 nitrogen and oxygen atoms in total. The van der Waals surface area contributed by atoms with Crippen LogP contribution in [-0.4, -0.2) is 32.1 Å². The number of carbonyl (C=O) groups excluding carboxylic acids is 1. The van der Waals surface area contributed by atoms with Gasteiger partial charge in [0.05, 0.1) is 10.7 Å². The second-order valence-electron chi connectivity index (χ2n) is 4.69. The molecule has 2 rings (SSSR count). The Labute approximate surface area is 119 Å². The van der Waals surface area contributed by atoms with E-state index in [9.17, 15) is 4.79 Å². The third-order valence-corrected chi connectivity index (χ3v) is 3.75. The zero-order valence-corrected chi connectivity index (χ0v) is 12.1. The van der Waals surface area contributed by atoms with E-state index in [1.165, 1.54) is 0 Å². The predicted octanol–water partition coefficient (Wildman–Crippen LogP) is 1.77. The van der Waals surface area contributed by atoms with Gasteiger partial charge in [-0.15, -0.1) is 0 Å². The summed E-state index contributed by atoms with van der Waals surface area (Å²) < 4.78 is 0. The van der Waals surface area contributed by atoms with Crippen molar-refractivity contribution in [3.63, 3.8) is 0 Å². The van der Waals surface area contributed by atoms with Crippen LogP contribution >= 0.6 is 11.6 Å². The summed E-state index contributed by atoms with van der Waals surface area (Å²) in [5.41, 5.74) is 2.11. The maximum atomic E-state index is 12.0. The summed E-state index contributed by atoms with van der Waals surface area (Å²) in [4.78, 5) is 14.1. The lowest BCUT2D eigenvalue weighted by molar-refractivity contribution is -0.123. The van der Waals surface area contributed by atoms with Crippen LogP contribution in [0.2, 0.25) is 5.02 Å². The molecule has 1 atom stereocenters. The summed E-state index contributed by atoms with van der Waals surface area (Å²) in [6, 6.07) is 5.75. The fraction of sp³-hybridized carbons (Fsp3) is 0.500. The van der Waals surface area contributed by atoms with Crippen LogP contribution in [0.5, 0.6) is 0 Å². The summed E-state index contributed by atoms with van der Waals surface area (Å²) in [6.07, 6.45) is 0.774. The summed E-state index contributed by atoms with van der Waals surface area (Å²) in [5, 5.41) is 6.77. The molecule has 1 unspecified atom stereocenters. The summed E-state index contributed by atoms with van der Waals surface area (Å²) in [7, 11) is 1.91. The number of benzene rings is 1. The highest BCUT2D eigenvalue weighted by Crippen LogP contribution is 2.32. The molecule has 1 amide bonds. The van der Waals surface area contributed by atoms with Gasteiger partial charge in [-0.25, -0.2) is 0 Å². The number of hydrogen-bond acceptors (Lipinski definition) is 3. The molecule has 0 saturated carbocycles. The first-order chi connectivity index (χ1) is 9.19. The number of anilines is 1. The van der Waals surface area contributed by atoms with E-state index in [0.717, 1.165) is 30.8 Å². The number of carbonyl (C=O) groups is 1. The molecule has 0 bridgehead atoms. The number of nitrogens with one attached hydrogen (secondary N) is 2. The second kappa shape index (κ2) is 6.26. The Hall–Kier alpha value is -1.26. The van der Waals surface area contributed by atoms with E-state index in [4.69, 9.17) is 11.6 Å². The molecule has 104 valence electrons. The Morgan fingerprint density at radius 1 is 1.53 bits per heavy atom. The van der Waals surface area contributed by atoms with Crippen molar-refractivity contribution in [2.75, 3.05) is 25.0 Å². The Morgan fingerprint density at radius 2 is 2.32 bits per heavy atom. The average molecular weight is 282 g/mol. The number of piperazine rings is 1. The summed E-state index contributed by atoms with van der Waals surface area (Å²) in [5.74, 6) is 0.0871. The lowest BCUT2D eigenvalue weighted by Crippen LogP contribution is -2.55. The normalized spacial score (nSPS) is 19.4. The van der Waals surface area contributed by atoms with Crippen LogP contribution in [0.15, 0.2) is 18.2 Å². The van der Waals surface area contributed by atoms with Gasteiger partial charge in [0.15, 0.2) is 0 Å². The van der Waals surface area contributed by atoms with Crippen LogP contribution in [0.3, 0.4) is 0 Å². The van der Waals surface area contributed by atoms with Crippen molar-refractivity contribution in [3.05, 3.63) is 28.8 Å². The Bertz CT molecular complexity index is 464. The lowest BCUT2D eigenvalue weighted by atomic mass is 10.1. The van der Waals surface area contributed by atoms with E-state index in [-0.39, 0.29) is 11.9 Å². The number of nitrogens with zero attached hydrogens (tertiary/aromatic N) is 1. The molecule has 1 aliphatic rings. The Morgan fingerprint density at radius 3 is 3.00 bits per heavy atom. The van der Waals surface area contributed by atoms with Gasteiger partial charge in [-0.3, -0.25) is 4.79 Å². The van der Waals surface area contributed by atoms with Crippen molar-refractivity contribution in [1.29, 1.82) is 0 Å². The Balaban J connectivity index is 2.41. The highest BCUT2D eigenvalue weighted by atomic mass is 35.5. The third-order valence-electron chi connectivity index (χ3n) is 3.44. The van der Waals surface area contributed by atoms with Crippen LogP contribution in [0.25, 0.3) is 0 Å². The van der Waals surface area contributed by atoms with Crippen LogP contribution < -0.4 is 15.5 Å². The quantitative estimate of drug-likeness (QED) is 0.884. The van der Waals surface area contributed by atoms with Gasteiger partial charge in [0.2, 0.25) is 5.91 Å². The van der Waals surface area contributed by atoms with Gasteiger partial charge in [0.1, 0.15) is 6.04 Å². The predicted molar refractivity (Wildman–Crippen MR) is 78.7 cm³/mol. The average Bonchev–Trinajstić information content (AvgIpc) is 2.39. The molecular formula is C14H20ClN3O. The lowest BCUT2D eigenvalue weighted by Gasteiger charge is -2.38. The van der Waals surface area contributed by atoms with Gasteiger partial charge in [-0.1, -0.05) is 30.7 Å². The number of halogens is 1. The van der Waals surface area contributed by atoms with Gasteiger partial charge < -0.3 is 15.5 Å².